The number of aliphatic hydroxyl groups is 2. The molecule has 1 aromatic rings. The molecule has 0 radical (unpaired) electrons. The van der Waals surface area contributed by atoms with Crippen molar-refractivity contribution in [2.24, 2.45) is 17.8 Å². The molecule has 5 N–H and O–H groups in total. The van der Waals surface area contributed by atoms with Crippen LogP contribution < -0.4 is 16.0 Å². The Hall–Kier alpha value is -2.20. The summed E-state index contributed by atoms with van der Waals surface area (Å²) < 4.78 is 12.6. The van der Waals surface area contributed by atoms with Gasteiger partial charge in [-0.3, -0.25) is 4.79 Å². The number of aliphatic hydroxyl groups excluding tert-OH is 2. The van der Waals surface area contributed by atoms with Gasteiger partial charge >= 0.3 is 6.03 Å². The third-order valence-electron chi connectivity index (χ3n) is 9.56. The van der Waals surface area contributed by atoms with Gasteiger partial charge in [-0.05, 0) is 69.3 Å². The zero-order valence-corrected chi connectivity index (χ0v) is 26.8. The van der Waals surface area contributed by atoms with E-state index < -0.39 is 36.7 Å². The summed E-state index contributed by atoms with van der Waals surface area (Å²) in [6, 6.07) is 8.50. The minimum atomic E-state index is -1.23. The Kier molecular flexibility index (Phi) is 15.2. The molecule has 0 saturated carbocycles. The van der Waals surface area contributed by atoms with Gasteiger partial charge < -0.3 is 35.6 Å². The lowest BCUT2D eigenvalue weighted by Gasteiger charge is -2.43. The first-order valence-electron chi connectivity index (χ1n) is 16.8. The van der Waals surface area contributed by atoms with Crippen LogP contribution in [0.4, 0.5) is 4.79 Å². The van der Waals surface area contributed by atoms with Crippen LogP contribution in [0.15, 0.2) is 30.3 Å². The van der Waals surface area contributed by atoms with E-state index in [1.54, 1.807) is 6.92 Å². The molecular formula is C34H57N3O6. The lowest BCUT2D eigenvalue weighted by atomic mass is 9.85. The molecule has 0 aromatic heterocycles. The summed E-state index contributed by atoms with van der Waals surface area (Å²) in [6.07, 6.45) is 6.10. The first kappa shape index (κ1) is 35.3. The Bertz CT molecular complexity index is 949. The quantitative estimate of drug-likeness (QED) is 0.279. The highest BCUT2D eigenvalue weighted by Gasteiger charge is 2.45. The molecule has 2 saturated heterocycles. The summed E-state index contributed by atoms with van der Waals surface area (Å²) in [5.74, 6) is 1.03. The molecule has 244 valence electrons. The first-order chi connectivity index (χ1) is 20.8. The van der Waals surface area contributed by atoms with Crippen molar-refractivity contribution >= 4 is 11.9 Å². The van der Waals surface area contributed by atoms with E-state index in [-0.39, 0.29) is 23.8 Å². The number of nitrogens with one attached hydrogen (secondary N) is 3. The van der Waals surface area contributed by atoms with Crippen LogP contribution in [-0.4, -0.2) is 72.0 Å². The summed E-state index contributed by atoms with van der Waals surface area (Å²) in [4.78, 5) is 25.5. The monoisotopic (exact) mass is 603 g/mol. The molecule has 0 bridgehead atoms. The van der Waals surface area contributed by atoms with Gasteiger partial charge in [0.25, 0.3) is 0 Å². The molecule has 2 heterocycles. The molecule has 2 fully saturated rings. The van der Waals surface area contributed by atoms with Crippen LogP contribution in [0.3, 0.4) is 0 Å². The molecule has 0 spiro atoms. The second kappa shape index (κ2) is 18.6. The van der Waals surface area contributed by atoms with E-state index in [9.17, 15) is 19.8 Å². The number of benzene rings is 1. The third kappa shape index (κ3) is 11.0. The number of hydrogen-bond donors (Lipinski definition) is 5. The van der Waals surface area contributed by atoms with Crippen LogP contribution in [0.25, 0.3) is 0 Å². The Morgan fingerprint density at radius 1 is 0.977 bits per heavy atom. The highest BCUT2D eigenvalue weighted by molar-refractivity contribution is 5.78. The molecule has 4 unspecified atom stereocenters. The van der Waals surface area contributed by atoms with Gasteiger partial charge in [-0.1, -0.05) is 76.8 Å². The minimum absolute atomic E-state index is 0.0910. The Labute approximate surface area is 258 Å². The van der Waals surface area contributed by atoms with Gasteiger partial charge in [0.2, 0.25) is 5.91 Å². The average molecular weight is 604 g/mol. The Morgan fingerprint density at radius 2 is 1.74 bits per heavy atom. The van der Waals surface area contributed by atoms with Gasteiger partial charge in [0.1, 0.15) is 12.2 Å². The number of amides is 3. The lowest BCUT2D eigenvalue weighted by molar-refractivity contribution is -0.288. The number of hydrogen-bond acceptors (Lipinski definition) is 6. The van der Waals surface area contributed by atoms with Crippen molar-refractivity contribution in [3.63, 3.8) is 0 Å². The van der Waals surface area contributed by atoms with E-state index >= 15 is 0 Å². The van der Waals surface area contributed by atoms with Gasteiger partial charge in [-0.2, -0.15) is 0 Å². The summed E-state index contributed by atoms with van der Waals surface area (Å²) >= 11 is 0. The maximum absolute atomic E-state index is 12.7. The molecule has 2 aliphatic rings. The summed E-state index contributed by atoms with van der Waals surface area (Å²) in [6.45, 7) is 9.29. The number of carbonyl (C=O) groups is 2. The molecule has 9 nitrogen and oxygen atoms in total. The van der Waals surface area contributed by atoms with Crippen molar-refractivity contribution in [3.8, 4) is 0 Å². The molecular weight excluding hydrogens is 546 g/mol. The van der Waals surface area contributed by atoms with Gasteiger partial charge in [0, 0.05) is 19.0 Å². The number of urea groups is 1. The van der Waals surface area contributed by atoms with Gasteiger partial charge in [0.05, 0.1) is 18.2 Å². The maximum atomic E-state index is 12.7. The topological polar surface area (TPSA) is 129 Å². The zero-order chi connectivity index (χ0) is 31.2. The second-order valence-electron chi connectivity index (χ2n) is 12.5. The average Bonchev–Trinajstić information content (AvgIpc) is 3.01. The summed E-state index contributed by atoms with van der Waals surface area (Å²) in [5.41, 5.74) is 1.11. The van der Waals surface area contributed by atoms with E-state index in [0.29, 0.717) is 25.4 Å². The lowest BCUT2D eigenvalue weighted by Crippen LogP contribution is -2.65. The Morgan fingerprint density at radius 3 is 2.44 bits per heavy atom. The maximum Gasteiger partial charge on any atom is 0.315 e. The van der Waals surface area contributed by atoms with Crippen LogP contribution in [0.5, 0.6) is 0 Å². The van der Waals surface area contributed by atoms with E-state index in [1.807, 2.05) is 30.3 Å². The van der Waals surface area contributed by atoms with E-state index in [0.717, 1.165) is 69.8 Å². The molecule has 9 atom stereocenters. The predicted octanol–water partition coefficient (Wildman–Crippen LogP) is 4.69. The smallest absolute Gasteiger partial charge is 0.315 e. The van der Waals surface area contributed by atoms with Crippen molar-refractivity contribution < 1.29 is 29.3 Å². The van der Waals surface area contributed by atoms with Crippen LogP contribution in [0, 0.1) is 17.8 Å². The fourth-order valence-electron chi connectivity index (χ4n) is 6.57. The fourth-order valence-corrected chi connectivity index (χ4v) is 6.57. The highest BCUT2D eigenvalue weighted by atomic mass is 16.7. The molecule has 3 rings (SSSR count). The molecule has 3 amide bonds. The van der Waals surface area contributed by atoms with Crippen LogP contribution in [-0.2, 0) is 20.7 Å². The van der Waals surface area contributed by atoms with E-state index in [2.05, 4.69) is 36.7 Å². The highest BCUT2D eigenvalue weighted by Crippen LogP contribution is 2.31. The summed E-state index contributed by atoms with van der Waals surface area (Å²) in [5, 5.41) is 30.9. The molecule has 1 aromatic carbocycles. The number of carbonyl (C=O) groups excluding carboxylic acids is 2. The van der Waals surface area contributed by atoms with Crippen molar-refractivity contribution in [2.45, 2.75) is 135 Å². The predicted molar refractivity (Wildman–Crippen MR) is 168 cm³/mol. The van der Waals surface area contributed by atoms with E-state index in [4.69, 9.17) is 9.47 Å². The number of ether oxygens (including phenoxy) is 2. The van der Waals surface area contributed by atoms with E-state index in [1.165, 1.54) is 0 Å². The van der Waals surface area contributed by atoms with Crippen LogP contribution >= 0.6 is 0 Å². The molecule has 0 aliphatic carbocycles. The van der Waals surface area contributed by atoms with Crippen LogP contribution in [0.2, 0.25) is 0 Å². The van der Waals surface area contributed by atoms with Crippen molar-refractivity contribution in [1.82, 2.24) is 16.0 Å². The SMILES string of the molecule is CCC1CCCC(CC)C(=O)NCCCC(CC)C(O[C@@H]2O[C@@H](C)[C@@H](O)[C@@H](NC(=O)NCCc3ccccc3)[C@H]2O)CC1. The molecule has 2 aliphatic heterocycles. The zero-order valence-electron chi connectivity index (χ0n) is 26.8. The fraction of sp³-hybridized carbons (Fsp3) is 0.765. The minimum Gasteiger partial charge on any atom is -0.388 e. The van der Waals surface area contributed by atoms with Gasteiger partial charge in [-0.15, -0.1) is 0 Å². The van der Waals surface area contributed by atoms with Crippen molar-refractivity contribution in [1.29, 1.82) is 0 Å². The summed E-state index contributed by atoms with van der Waals surface area (Å²) in [7, 11) is 0. The van der Waals surface area contributed by atoms with Crippen molar-refractivity contribution in [3.05, 3.63) is 35.9 Å². The Balaban J connectivity index is 1.65. The van der Waals surface area contributed by atoms with Gasteiger partial charge in [-0.25, -0.2) is 4.79 Å². The van der Waals surface area contributed by atoms with Crippen LogP contribution in [0.1, 0.15) is 97.5 Å². The standard InChI is InChI=1S/C34H57N3O6/c1-5-24-15-11-16-27(7-3)32(40)35-21-12-17-26(6-2)28(19-18-24)43-33-31(39)29(30(38)23(4)42-33)37-34(41)36-22-20-25-13-9-8-10-14-25/h8-10,13-14,23-24,26-31,33,38-39H,5-7,11-12,15-22H2,1-4H3,(H,35,40)(H2,36,37,41)/t23-,24?,26?,27?,28?,29+,30+,31+,33-/m0/s1. The normalized spacial score (nSPS) is 33.2. The third-order valence-corrected chi connectivity index (χ3v) is 9.56. The second-order valence-corrected chi connectivity index (χ2v) is 12.5. The first-order valence-corrected chi connectivity index (χ1v) is 16.8. The molecule has 9 heteroatoms. The largest absolute Gasteiger partial charge is 0.388 e. The number of rotatable bonds is 9. The molecule has 43 heavy (non-hydrogen) atoms. The van der Waals surface area contributed by atoms with Gasteiger partial charge in [0.15, 0.2) is 6.29 Å². The van der Waals surface area contributed by atoms with Crippen molar-refractivity contribution in [2.75, 3.05) is 13.1 Å².